The van der Waals surface area contributed by atoms with E-state index in [2.05, 4.69) is 12.1 Å². The molecule has 27 heavy (non-hydrogen) atoms. The molecule has 1 aliphatic heterocycles. The summed E-state index contributed by atoms with van der Waals surface area (Å²) in [6, 6.07) is 21.7. The summed E-state index contributed by atoms with van der Waals surface area (Å²) >= 11 is 0. The van der Waals surface area contributed by atoms with Crippen LogP contribution in [0.2, 0.25) is 0 Å². The first kappa shape index (κ1) is 15.8. The van der Waals surface area contributed by atoms with Crippen molar-refractivity contribution in [2.24, 2.45) is 7.05 Å². The standard InChI is InChI=1S/C23H17NO3/c1-24-19-9-5-4-8-17(19)22-21(23(24)26)18(13-20(25)27-22)16-11-10-14-6-2-3-7-15(14)12-16/h2-12,18H,13H2,1H3. The third-order valence-electron chi connectivity index (χ3n) is 5.40. The minimum atomic E-state index is -0.311. The summed E-state index contributed by atoms with van der Waals surface area (Å²) in [4.78, 5) is 25.5. The monoisotopic (exact) mass is 355 g/mol. The number of nitrogens with zero attached hydrogens (tertiary/aromatic N) is 1. The molecule has 0 spiro atoms. The highest BCUT2D eigenvalue weighted by Crippen LogP contribution is 2.41. The lowest BCUT2D eigenvalue weighted by atomic mass is 9.85. The quantitative estimate of drug-likeness (QED) is 0.482. The molecule has 5 rings (SSSR count). The summed E-state index contributed by atoms with van der Waals surface area (Å²) < 4.78 is 7.21. The largest absolute Gasteiger partial charge is 0.425 e. The number of aromatic nitrogens is 1. The molecule has 132 valence electrons. The van der Waals surface area contributed by atoms with Crippen LogP contribution in [0, 0.1) is 0 Å². The van der Waals surface area contributed by atoms with Crippen molar-refractivity contribution in [3.8, 4) is 5.75 Å². The molecule has 0 aliphatic carbocycles. The molecule has 0 N–H and O–H groups in total. The van der Waals surface area contributed by atoms with E-state index in [1.54, 1.807) is 11.6 Å². The smallest absolute Gasteiger partial charge is 0.312 e. The number of pyridine rings is 1. The molecule has 0 bridgehead atoms. The molecular weight excluding hydrogens is 338 g/mol. The average Bonchev–Trinajstić information content (AvgIpc) is 2.71. The fraction of sp³-hybridized carbons (Fsp3) is 0.130. The molecule has 1 aliphatic rings. The Bertz CT molecular complexity index is 1290. The molecule has 0 amide bonds. The van der Waals surface area contributed by atoms with Gasteiger partial charge >= 0.3 is 5.97 Å². The highest BCUT2D eigenvalue weighted by molar-refractivity contribution is 5.92. The second kappa shape index (κ2) is 5.81. The third-order valence-corrected chi connectivity index (χ3v) is 5.40. The van der Waals surface area contributed by atoms with Gasteiger partial charge < -0.3 is 9.30 Å². The number of esters is 1. The number of hydrogen-bond donors (Lipinski definition) is 0. The van der Waals surface area contributed by atoms with Crippen molar-refractivity contribution in [2.75, 3.05) is 0 Å². The second-order valence-electron chi connectivity index (χ2n) is 6.96. The summed E-state index contributed by atoms with van der Waals surface area (Å²) in [5.74, 6) is -0.212. The van der Waals surface area contributed by atoms with Gasteiger partial charge in [-0.2, -0.15) is 0 Å². The lowest BCUT2D eigenvalue weighted by Crippen LogP contribution is -2.31. The predicted octanol–water partition coefficient (Wildman–Crippen LogP) is 4.13. The van der Waals surface area contributed by atoms with Gasteiger partial charge in [-0.1, -0.05) is 54.6 Å². The Morgan fingerprint density at radius 2 is 1.67 bits per heavy atom. The van der Waals surface area contributed by atoms with Gasteiger partial charge in [-0.3, -0.25) is 9.59 Å². The van der Waals surface area contributed by atoms with Gasteiger partial charge in [0.25, 0.3) is 5.56 Å². The van der Waals surface area contributed by atoms with E-state index in [0.29, 0.717) is 11.3 Å². The second-order valence-corrected chi connectivity index (χ2v) is 6.96. The summed E-state index contributed by atoms with van der Waals surface area (Å²) in [7, 11) is 1.76. The van der Waals surface area contributed by atoms with Crippen molar-refractivity contribution >= 4 is 27.6 Å². The molecule has 0 saturated carbocycles. The molecule has 0 fully saturated rings. The molecule has 1 atom stereocenters. The third kappa shape index (κ3) is 2.37. The van der Waals surface area contributed by atoms with Crippen molar-refractivity contribution < 1.29 is 9.53 Å². The van der Waals surface area contributed by atoms with Crippen molar-refractivity contribution in [3.63, 3.8) is 0 Å². The average molecular weight is 355 g/mol. The topological polar surface area (TPSA) is 48.3 Å². The van der Waals surface area contributed by atoms with Gasteiger partial charge in [0.05, 0.1) is 17.5 Å². The van der Waals surface area contributed by atoms with Crippen LogP contribution >= 0.6 is 0 Å². The lowest BCUT2D eigenvalue weighted by molar-refractivity contribution is -0.135. The van der Waals surface area contributed by atoms with E-state index in [4.69, 9.17) is 4.74 Å². The highest BCUT2D eigenvalue weighted by atomic mass is 16.5. The molecular formula is C23H17NO3. The summed E-state index contributed by atoms with van der Waals surface area (Å²) in [6.45, 7) is 0. The van der Waals surface area contributed by atoms with Crippen LogP contribution in [0.5, 0.6) is 5.75 Å². The molecule has 0 saturated heterocycles. The van der Waals surface area contributed by atoms with Crippen molar-refractivity contribution in [1.82, 2.24) is 4.57 Å². The van der Waals surface area contributed by atoms with Crippen LogP contribution in [0.1, 0.15) is 23.5 Å². The first-order chi connectivity index (χ1) is 13.1. The Morgan fingerprint density at radius 3 is 2.52 bits per heavy atom. The van der Waals surface area contributed by atoms with Crippen LogP contribution in [0.3, 0.4) is 0 Å². The summed E-state index contributed by atoms with van der Waals surface area (Å²) in [5.41, 5.74) is 2.16. The fourth-order valence-electron chi connectivity index (χ4n) is 4.04. The first-order valence-electron chi connectivity index (χ1n) is 8.94. The van der Waals surface area contributed by atoms with Gasteiger partial charge in [-0.05, 0) is 28.5 Å². The van der Waals surface area contributed by atoms with E-state index in [9.17, 15) is 9.59 Å². The van der Waals surface area contributed by atoms with Crippen LogP contribution in [0.15, 0.2) is 71.5 Å². The number of rotatable bonds is 1. The summed E-state index contributed by atoms with van der Waals surface area (Å²) in [6.07, 6.45) is 0.166. The van der Waals surface area contributed by atoms with Crippen LogP contribution in [0.25, 0.3) is 21.7 Å². The van der Waals surface area contributed by atoms with Gasteiger partial charge in [0.1, 0.15) is 5.75 Å². The van der Waals surface area contributed by atoms with Gasteiger partial charge in [0.15, 0.2) is 0 Å². The highest BCUT2D eigenvalue weighted by Gasteiger charge is 2.33. The van der Waals surface area contributed by atoms with Crippen LogP contribution in [-0.2, 0) is 11.8 Å². The Kier molecular flexibility index (Phi) is 3.41. The van der Waals surface area contributed by atoms with Gasteiger partial charge in [0.2, 0.25) is 0 Å². The summed E-state index contributed by atoms with van der Waals surface area (Å²) in [5, 5.41) is 3.01. The van der Waals surface area contributed by atoms with E-state index < -0.39 is 0 Å². The van der Waals surface area contributed by atoms with Crippen LogP contribution < -0.4 is 10.3 Å². The van der Waals surface area contributed by atoms with E-state index in [-0.39, 0.29) is 23.9 Å². The number of fused-ring (bicyclic) bond motifs is 4. The maximum atomic E-state index is 13.2. The van der Waals surface area contributed by atoms with E-state index in [0.717, 1.165) is 27.2 Å². The number of benzene rings is 3. The van der Waals surface area contributed by atoms with Crippen LogP contribution in [-0.4, -0.2) is 10.5 Å². The molecule has 0 radical (unpaired) electrons. The Balaban J connectivity index is 1.81. The molecule has 4 nitrogen and oxygen atoms in total. The number of carbonyl (C=O) groups excluding carboxylic acids is 1. The predicted molar refractivity (Wildman–Crippen MR) is 105 cm³/mol. The first-order valence-corrected chi connectivity index (χ1v) is 8.94. The number of hydrogen-bond acceptors (Lipinski definition) is 3. The zero-order valence-corrected chi connectivity index (χ0v) is 14.8. The van der Waals surface area contributed by atoms with Crippen molar-refractivity contribution in [2.45, 2.75) is 12.3 Å². The van der Waals surface area contributed by atoms with Gasteiger partial charge in [0, 0.05) is 18.4 Å². The number of carbonyl (C=O) groups is 1. The SMILES string of the molecule is Cn1c(=O)c2c(c3ccccc31)OC(=O)CC2c1ccc2ccccc2c1. The van der Waals surface area contributed by atoms with Crippen LogP contribution in [0.4, 0.5) is 0 Å². The molecule has 1 unspecified atom stereocenters. The molecule has 2 heterocycles. The zero-order valence-electron chi connectivity index (χ0n) is 14.8. The lowest BCUT2D eigenvalue weighted by Gasteiger charge is -2.26. The molecule has 3 aromatic carbocycles. The Labute approximate surface area is 155 Å². The van der Waals surface area contributed by atoms with E-state index >= 15 is 0 Å². The van der Waals surface area contributed by atoms with Crippen molar-refractivity contribution in [1.29, 1.82) is 0 Å². The normalized spacial score (nSPS) is 16.3. The zero-order chi connectivity index (χ0) is 18.5. The maximum absolute atomic E-state index is 13.2. The number of aryl methyl sites for hydroxylation is 1. The van der Waals surface area contributed by atoms with Gasteiger partial charge in [-0.15, -0.1) is 0 Å². The molecule has 4 heteroatoms. The van der Waals surface area contributed by atoms with E-state index in [1.165, 1.54) is 0 Å². The fourth-order valence-corrected chi connectivity index (χ4v) is 4.04. The minimum absolute atomic E-state index is 0.116. The maximum Gasteiger partial charge on any atom is 0.312 e. The Hall–Kier alpha value is -3.40. The van der Waals surface area contributed by atoms with Crippen molar-refractivity contribution in [3.05, 3.63) is 88.2 Å². The minimum Gasteiger partial charge on any atom is -0.425 e. The number of ether oxygens (including phenoxy) is 1. The molecule has 1 aromatic heterocycles. The number of para-hydroxylation sites is 1. The van der Waals surface area contributed by atoms with Gasteiger partial charge in [-0.25, -0.2) is 0 Å². The van der Waals surface area contributed by atoms with E-state index in [1.807, 2.05) is 54.6 Å². The molecule has 4 aromatic rings. The Morgan fingerprint density at radius 1 is 0.926 bits per heavy atom.